The molecule has 0 radical (unpaired) electrons. The Bertz CT molecular complexity index is 905. The summed E-state index contributed by atoms with van der Waals surface area (Å²) in [4.78, 5) is 17.5. The molecule has 0 aromatic carbocycles. The van der Waals surface area contributed by atoms with Crippen LogP contribution in [0.2, 0.25) is 5.02 Å². The van der Waals surface area contributed by atoms with Crippen molar-refractivity contribution in [1.29, 1.82) is 0 Å². The van der Waals surface area contributed by atoms with Gasteiger partial charge >= 0.3 is 0 Å². The number of rotatable bonds is 4. The molecule has 3 aromatic rings. The third kappa shape index (κ3) is 2.89. The van der Waals surface area contributed by atoms with Crippen molar-refractivity contribution in [2.75, 3.05) is 6.61 Å². The number of imidazole rings is 1. The summed E-state index contributed by atoms with van der Waals surface area (Å²) in [5.74, 6) is -0.174. The van der Waals surface area contributed by atoms with Crippen molar-refractivity contribution < 1.29 is 9.53 Å². The maximum Gasteiger partial charge on any atom is 0.270 e. The molecule has 0 saturated carbocycles. The van der Waals surface area contributed by atoms with Gasteiger partial charge in [-0.2, -0.15) is 5.10 Å². The van der Waals surface area contributed by atoms with Crippen LogP contribution in [0, 0.1) is 0 Å². The number of fused-ring (bicyclic) bond motifs is 1. The molecule has 0 aliphatic carbocycles. The maximum atomic E-state index is 13.0. The van der Waals surface area contributed by atoms with Gasteiger partial charge < -0.3 is 10.1 Å². The molecule has 1 aliphatic rings. The summed E-state index contributed by atoms with van der Waals surface area (Å²) in [7, 11) is 0. The largest absolute Gasteiger partial charge is 0.370 e. The highest BCUT2D eigenvalue weighted by Crippen LogP contribution is 2.28. The van der Waals surface area contributed by atoms with Crippen LogP contribution in [-0.2, 0) is 11.2 Å². The predicted molar refractivity (Wildman–Crippen MR) is 92.7 cm³/mol. The summed E-state index contributed by atoms with van der Waals surface area (Å²) in [6.45, 7) is 2.57. The van der Waals surface area contributed by atoms with Crippen LogP contribution in [0.15, 0.2) is 30.6 Å². The van der Waals surface area contributed by atoms with Crippen molar-refractivity contribution in [2.24, 2.45) is 0 Å². The number of nitrogens with zero attached hydrogens (tertiary/aromatic N) is 3. The van der Waals surface area contributed by atoms with Gasteiger partial charge in [0.1, 0.15) is 17.4 Å². The predicted octanol–water partition coefficient (Wildman–Crippen LogP) is 2.53. The molecule has 3 aromatic heterocycles. The van der Waals surface area contributed by atoms with Gasteiger partial charge in [-0.25, -0.2) is 4.98 Å². The number of amides is 1. The first kappa shape index (κ1) is 16.1. The van der Waals surface area contributed by atoms with Crippen molar-refractivity contribution in [1.82, 2.24) is 24.9 Å². The minimum absolute atomic E-state index is 0.123. The Labute approximate surface area is 149 Å². The van der Waals surface area contributed by atoms with Crippen LogP contribution in [0.25, 0.3) is 5.65 Å². The number of hydrogen-bond donors (Lipinski definition) is 2. The Balaban J connectivity index is 1.65. The lowest BCUT2D eigenvalue weighted by Gasteiger charge is -2.19. The second-order valence-electron chi connectivity index (χ2n) is 6.01. The monoisotopic (exact) mass is 359 g/mol. The fraction of sp³-hybridized carbons (Fsp3) is 0.353. The van der Waals surface area contributed by atoms with Gasteiger partial charge in [0.05, 0.1) is 22.5 Å². The molecule has 8 heteroatoms. The van der Waals surface area contributed by atoms with Crippen LogP contribution in [0.3, 0.4) is 0 Å². The molecule has 2 atom stereocenters. The van der Waals surface area contributed by atoms with Gasteiger partial charge in [-0.05, 0) is 31.0 Å². The van der Waals surface area contributed by atoms with E-state index in [2.05, 4.69) is 20.5 Å². The smallest absolute Gasteiger partial charge is 0.270 e. The van der Waals surface area contributed by atoms with E-state index in [1.807, 2.05) is 19.1 Å². The molecule has 4 heterocycles. The number of aromatic amines is 1. The molecular formula is C17H18ClN5O2. The first-order valence-electron chi connectivity index (χ1n) is 8.25. The van der Waals surface area contributed by atoms with Crippen LogP contribution in [-0.4, -0.2) is 38.1 Å². The van der Waals surface area contributed by atoms with Crippen molar-refractivity contribution in [3.63, 3.8) is 0 Å². The van der Waals surface area contributed by atoms with E-state index in [9.17, 15) is 4.79 Å². The molecule has 130 valence electrons. The van der Waals surface area contributed by atoms with E-state index in [1.165, 1.54) is 0 Å². The first-order chi connectivity index (χ1) is 12.2. The number of hydrogen-bond acceptors (Lipinski definition) is 4. The Morgan fingerprint density at radius 2 is 2.36 bits per heavy atom. The zero-order valence-corrected chi connectivity index (χ0v) is 14.5. The van der Waals surface area contributed by atoms with Gasteiger partial charge in [-0.1, -0.05) is 18.5 Å². The van der Waals surface area contributed by atoms with Crippen molar-refractivity contribution in [3.8, 4) is 0 Å². The lowest BCUT2D eigenvalue weighted by atomic mass is 10.1. The number of aromatic nitrogens is 4. The van der Waals surface area contributed by atoms with E-state index >= 15 is 0 Å². The molecule has 25 heavy (non-hydrogen) atoms. The summed E-state index contributed by atoms with van der Waals surface area (Å²) in [6.07, 6.45) is 4.58. The molecule has 2 N–H and O–H groups in total. The molecule has 1 saturated heterocycles. The van der Waals surface area contributed by atoms with Crippen LogP contribution in [0.1, 0.15) is 41.3 Å². The summed E-state index contributed by atoms with van der Waals surface area (Å²) < 4.78 is 7.51. The van der Waals surface area contributed by atoms with E-state index in [1.54, 1.807) is 22.9 Å². The van der Waals surface area contributed by atoms with Gasteiger partial charge in [-0.15, -0.1) is 0 Å². The Morgan fingerprint density at radius 3 is 3.12 bits per heavy atom. The molecular weight excluding hydrogens is 342 g/mol. The van der Waals surface area contributed by atoms with Crippen LogP contribution >= 0.6 is 11.6 Å². The van der Waals surface area contributed by atoms with Crippen LogP contribution in [0.4, 0.5) is 0 Å². The van der Waals surface area contributed by atoms with E-state index < -0.39 is 0 Å². The maximum absolute atomic E-state index is 13.0. The lowest BCUT2D eigenvalue weighted by molar-refractivity contribution is 0.0803. The number of carbonyl (C=O) groups is 1. The Kier molecular flexibility index (Phi) is 4.19. The third-order valence-electron chi connectivity index (χ3n) is 4.44. The van der Waals surface area contributed by atoms with E-state index in [0.29, 0.717) is 29.4 Å². The molecule has 4 rings (SSSR count). The zero-order valence-electron chi connectivity index (χ0n) is 13.7. The Morgan fingerprint density at radius 1 is 1.48 bits per heavy atom. The second kappa shape index (κ2) is 6.50. The van der Waals surface area contributed by atoms with Crippen LogP contribution in [0.5, 0.6) is 0 Å². The normalized spacial score (nSPS) is 20.2. The number of aryl methyl sites for hydroxylation is 1. The summed E-state index contributed by atoms with van der Waals surface area (Å²) in [5.41, 5.74) is 2.84. The van der Waals surface area contributed by atoms with Gasteiger partial charge in [0, 0.05) is 19.0 Å². The van der Waals surface area contributed by atoms with Crippen molar-refractivity contribution in [3.05, 3.63) is 52.7 Å². The second-order valence-corrected chi connectivity index (χ2v) is 6.44. The summed E-state index contributed by atoms with van der Waals surface area (Å²) >= 11 is 6.10. The highest BCUT2D eigenvalue weighted by molar-refractivity contribution is 6.30. The molecule has 1 fully saturated rings. The fourth-order valence-corrected chi connectivity index (χ4v) is 3.42. The molecule has 1 amide bonds. The van der Waals surface area contributed by atoms with E-state index in [-0.39, 0.29) is 18.1 Å². The fourth-order valence-electron chi connectivity index (χ4n) is 3.26. The highest BCUT2D eigenvalue weighted by atomic mass is 35.5. The molecule has 1 aliphatic heterocycles. The van der Waals surface area contributed by atoms with Crippen molar-refractivity contribution >= 4 is 23.2 Å². The number of ether oxygens (including phenoxy) is 1. The lowest BCUT2D eigenvalue weighted by Crippen LogP contribution is -2.38. The zero-order chi connectivity index (χ0) is 17.4. The molecule has 0 unspecified atom stereocenters. The topological polar surface area (TPSA) is 84.3 Å². The molecule has 7 nitrogen and oxygen atoms in total. The quantitative estimate of drug-likeness (QED) is 0.749. The molecule has 0 bridgehead atoms. The Hall–Kier alpha value is -2.38. The number of H-pyrrole nitrogens is 1. The minimum Gasteiger partial charge on any atom is -0.370 e. The summed E-state index contributed by atoms with van der Waals surface area (Å²) in [6, 6.07) is 5.32. The summed E-state index contributed by atoms with van der Waals surface area (Å²) in [5, 5.41) is 10.5. The number of carbonyl (C=O) groups excluding carboxylic acids is 1. The third-order valence-corrected chi connectivity index (χ3v) is 4.67. The van der Waals surface area contributed by atoms with Crippen LogP contribution < -0.4 is 5.32 Å². The first-order valence-corrected chi connectivity index (χ1v) is 8.63. The van der Waals surface area contributed by atoms with Gasteiger partial charge in [0.25, 0.3) is 5.91 Å². The number of nitrogens with one attached hydrogen (secondary N) is 2. The molecule has 0 spiro atoms. The van der Waals surface area contributed by atoms with E-state index in [4.69, 9.17) is 16.3 Å². The minimum atomic E-state index is -0.223. The highest BCUT2D eigenvalue weighted by Gasteiger charge is 2.33. The van der Waals surface area contributed by atoms with E-state index in [0.717, 1.165) is 17.8 Å². The van der Waals surface area contributed by atoms with Gasteiger partial charge in [-0.3, -0.25) is 14.3 Å². The van der Waals surface area contributed by atoms with Crippen molar-refractivity contribution in [2.45, 2.75) is 31.9 Å². The SMILES string of the molecule is CCc1nc2ccc(Cl)cn2c1C(=O)N[C@H]1CCO[C@@H]1c1ccn[nH]1. The average molecular weight is 360 g/mol. The van der Waals surface area contributed by atoms with Gasteiger partial charge in [0.2, 0.25) is 0 Å². The number of pyridine rings is 1. The van der Waals surface area contributed by atoms with Gasteiger partial charge in [0.15, 0.2) is 0 Å². The number of halogens is 1. The average Bonchev–Trinajstić information content (AvgIpc) is 3.32. The standard InChI is InChI=1S/C17H18ClN5O2/c1-2-11-15(23-9-10(18)3-4-14(23)20-11)17(24)21-12-6-8-25-16(12)13-5-7-19-22-13/h3-5,7,9,12,16H,2,6,8H2,1H3,(H,19,22)(H,21,24)/t12-,16-/m0/s1.